The van der Waals surface area contributed by atoms with Gasteiger partial charge in [-0.2, -0.15) is 0 Å². The number of ketones is 1. The summed E-state index contributed by atoms with van der Waals surface area (Å²) < 4.78 is 10.8. The second-order valence-corrected chi connectivity index (χ2v) is 4.35. The van der Waals surface area contributed by atoms with Crippen LogP contribution >= 0.6 is 0 Å². The summed E-state index contributed by atoms with van der Waals surface area (Å²) in [5.41, 5.74) is 0. The van der Waals surface area contributed by atoms with Crippen molar-refractivity contribution in [1.29, 1.82) is 0 Å². The van der Waals surface area contributed by atoms with E-state index in [2.05, 4.69) is 20.8 Å². The van der Waals surface area contributed by atoms with Crippen molar-refractivity contribution >= 4 is 5.78 Å². The van der Waals surface area contributed by atoms with E-state index in [0.717, 1.165) is 0 Å². The van der Waals surface area contributed by atoms with Crippen LogP contribution in [0.1, 0.15) is 27.7 Å². The van der Waals surface area contributed by atoms with Crippen molar-refractivity contribution in [2.75, 3.05) is 7.11 Å². The van der Waals surface area contributed by atoms with E-state index in [1.54, 1.807) is 14.0 Å². The van der Waals surface area contributed by atoms with Crippen LogP contribution in [-0.2, 0) is 14.3 Å². The first kappa shape index (κ1) is 11.7. The number of ether oxygens (including phenoxy) is 2. The SMILES string of the molecule is COC1OC(C(C)=O)C(C)C(C)C1C. The highest BCUT2D eigenvalue weighted by Gasteiger charge is 2.40. The summed E-state index contributed by atoms with van der Waals surface area (Å²) in [5, 5.41) is 0. The molecule has 0 N–H and O–H groups in total. The molecular weight excluding hydrogens is 180 g/mol. The maximum Gasteiger partial charge on any atom is 0.160 e. The first-order valence-electron chi connectivity index (χ1n) is 5.17. The van der Waals surface area contributed by atoms with Gasteiger partial charge in [0.2, 0.25) is 0 Å². The van der Waals surface area contributed by atoms with E-state index in [9.17, 15) is 4.79 Å². The highest BCUT2D eigenvalue weighted by atomic mass is 16.7. The minimum absolute atomic E-state index is 0.0956. The largest absolute Gasteiger partial charge is 0.356 e. The highest BCUT2D eigenvalue weighted by molar-refractivity contribution is 5.80. The Hall–Kier alpha value is -0.410. The molecule has 1 aliphatic rings. The maximum absolute atomic E-state index is 11.3. The van der Waals surface area contributed by atoms with Crippen molar-refractivity contribution in [3.05, 3.63) is 0 Å². The van der Waals surface area contributed by atoms with E-state index >= 15 is 0 Å². The van der Waals surface area contributed by atoms with E-state index in [1.807, 2.05) is 0 Å². The van der Waals surface area contributed by atoms with Gasteiger partial charge in [0.15, 0.2) is 12.1 Å². The molecule has 1 fully saturated rings. The monoisotopic (exact) mass is 200 g/mol. The quantitative estimate of drug-likeness (QED) is 0.682. The average Bonchev–Trinajstić information content (AvgIpc) is 2.14. The van der Waals surface area contributed by atoms with Crippen molar-refractivity contribution in [3.63, 3.8) is 0 Å². The van der Waals surface area contributed by atoms with Gasteiger partial charge in [-0.15, -0.1) is 0 Å². The molecular formula is C11H20O3. The molecule has 3 heteroatoms. The number of carbonyl (C=O) groups excluding carboxylic acids is 1. The summed E-state index contributed by atoms with van der Waals surface area (Å²) in [7, 11) is 1.63. The molecule has 1 saturated heterocycles. The van der Waals surface area contributed by atoms with Crippen LogP contribution in [-0.4, -0.2) is 25.3 Å². The summed E-state index contributed by atoms with van der Waals surface area (Å²) in [6.45, 7) is 7.90. The number of methoxy groups -OCH3 is 1. The third-order valence-electron chi connectivity index (χ3n) is 3.48. The molecule has 1 aliphatic heterocycles. The molecule has 0 aromatic rings. The first-order valence-corrected chi connectivity index (χ1v) is 5.17. The van der Waals surface area contributed by atoms with E-state index < -0.39 is 0 Å². The second-order valence-electron chi connectivity index (χ2n) is 4.35. The van der Waals surface area contributed by atoms with Crippen LogP contribution in [0.2, 0.25) is 0 Å². The molecule has 5 atom stereocenters. The summed E-state index contributed by atoms with van der Waals surface area (Å²) >= 11 is 0. The molecule has 0 aromatic heterocycles. The van der Waals surface area contributed by atoms with Crippen LogP contribution in [0.4, 0.5) is 0 Å². The Morgan fingerprint density at radius 2 is 1.71 bits per heavy atom. The Bertz CT molecular complexity index is 213. The molecule has 82 valence electrons. The third-order valence-corrected chi connectivity index (χ3v) is 3.48. The smallest absolute Gasteiger partial charge is 0.160 e. The topological polar surface area (TPSA) is 35.5 Å². The van der Waals surface area contributed by atoms with Gasteiger partial charge in [0.05, 0.1) is 0 Å². The number of carbonyl (C=O) groups is 1. The first-order chi connectivity index (χ1) is 6.49. The second kappa shape index (κ2) is 4.41. The molecule has 0 aromatic carbocycles. The lowest BCUT2D eigenvalue weighted by molar-refractivity contribution is -0.232. The predicted octanol–water partition coefficient (Wildman–Crippen LogP) is 1.85. The fraction of sp³-hybridized carbons (Fsp3) is 0.909. The molecule has 0 amide bonds. The fourth-order valence-corrected chi connectivity index (χ4v) is 2.13. The third kappa shape index (κ3) is 1.98. The average molecular weight is 200 g/mol. The van der Waals surface area contributed by atoms with Gasteiger partial charge in [0.1, 0.15) is 6.10 Å². The molecule has 14 heavy (non-hydrogen) atoms. The lowest BCUT2D eigenvalue weighted by Gasteiger charge is -2.41. The van der Waals surface area contributed by atoms with Crippen molar-refractivity contribution in [2.24, 2.45) is 17.8 Å². The summed E-state index contributed by atoms with van der Waals surface area (Å²) in [6, 6.07) is 0. The minimum Gasteiger partial charge on any atom is -0.356 e. The van der Waals surface area contributed by atoms with Crippen LogP contribution in [0, 0.1) is 17.8 Å². The van der Waals surface area contributed by atoms with Gasteiger partial charge in [-0.25, -0.2) is 0 Å². The van der Waals surface area contributed by atoms with Gasteiger partial charge in [0.25, 0.3) is 0 Å². The van der Waals surface area contributed by atoms with Crippen molar-refractivity contribution in [2.45, 2.75) is 40.1 Å². The van der Waals surface area contributed by atoms with Crippen molar-refractivity contribution in [3.8, 4) is 0 Å². The van der Waals surface area contributed by atoms with Gasteiger partial charge in [-0.3, -0.25) is 4.79 Å². The van der Waals surface area contributed by atoms with Crippen molar-refractivity contribution < 1.29 is 14.3 Å². The van der Waals surface area contributed by atoms with Gasteiger partial charge >= 0.3 is 0 Å². The summed E-state index contributed by atoms with van der Waals surface area (Å²) in [5.74, 6) is 1.15. The molecule has 5 unspecified atom stereocenters. The van der Waals surface area contributed by atoms with Gasteiger partial charge in [0, 0.05) is 13.0 Å². The van der Waals surface area contributed by atoms with E-state index in [-0.39, 0.29) is 24.1 Å². The van der Waals surface area contributed by atoms with Crippen LogP contribution in [0.25, 0.3) is 0 Å². The number of Topliss-reactive ketones (excluding diaryl/α,β-unsaturated/α-hetero) is 1. The van der Waals surface area contributed by atoms with Crippen LogP contribution in [0.15, 0.2) is 0 Å². The van der Waals surface area contributed by atoms with Gasteiger partial charge in [-0.1, -0.05) is 20.8 Å². The molecule has 0 bridgehead atoms. The maximum atomic E-state index is 11.3. The molecule has 0 spiro atoms. The van der Waals surface area contributed by atoms with Gasteiger partial charge < -0.3 is 9.47 Å². The summed E-state index contributed by atoms with van der Waals surface area (Å²) in [4.78, 5) is 11.3. The van der Waals surface area contributed by atoms with E-state index in [1.165, 1.54) is 0 Å². The van der Waals surface area contributed by atoms with Crippen molar-refractivity contribution in [1.82, 2.24) is 0 Å². The highest BCUT2D eigenvalue weighted by Crippen LogP contribution is 2.35. The molecule has 1 heterocycles. The lowest BCUT2D eigenvalue weighted by Crippen LogP contribution is -2.48. The zero-order valence-electron chi connectivity index (χ0n) is 9.61. The Labute approximate surface area is 85.8 Å². The zero-order valence-corrected chi connectivity index (χ0v) is 9.61. The molecule has 0 saturated carbocycles. The minimum atomic E-state index is -0.300. The number of rotatable bonds is 2. The normalized spacial score (nSPS) is 43.6. The Balaban J connectivity index is 2.78. The molecule has 0 aliphatic carbocycles. The van der Waals surface area contributed by atoms with E-state index in [4.69, 9.17) is 9.47 Å². The van der Waals surface area contributed by atoms with Crippen LogP contribution < -0.4 is 0 Å². The van der Waals surface area contributed by atoms with Gasteiger partial charge in [-0.05, 0) is 18.8 Å². The lowest BCUT2D eigenvalue weighted by atomic mass is 9.78. The Morgan fingerprint density at radius 3 is 2.14 bits per heavy atom. The Morgan fingerprint density at radius 1 is 1.14 bits per heavy atom. The fourth-order valence-electron chi connectivity index (χ4n) is 2.13. The zero-order chi connectivity index (χ0) is 10.9. The summed E-state index contributed by atoms with van der Waals surface area (Å²) in [6.07, 6.45) is -0.541. The molecule has 1 rings (SSSR count). The molecule has 0 radical (unpaired) electrons. The predicted molar refractivity (Wildman–Crippen MR) is 53.8 cm³/mol. The van der Waals surface area contributed by atoms with Crippen LogP contribution in [0.5, 0.6) is 0 Å². The number of hydrogen-bond acceptors (Lipinski definition) is 3. The number of hydrogen-bond donors (Lipinski definition) is 0. The molecule has 3 nitrogen and oxygen atoms in total. The standard InChI is InChI=1S/C11H20O3/c1-6-7(2)10(9(4)12)14-11(13-5)8(6)3/h6-8,10-11H,1-5H3. The van der Waals surface area contributed by atoms with E-state index in [0.29, 0.717) is 11.8 Å². The Kier molecular flexibility index (Phi) is 3.67. The van der Waals surface area contributed by atoms with Crippen LogP contribution in [0.3, 0.4) is 0 Å².